The van der Waals surface area contributed by atoms with Gasteiger partial charge < -0.3 is 14.9 Å². The van der Waals surface area contributed by atoms with Gasteiger partial charge in [0.05, 0.1) is 0 Å². The number of hydrogen-bond acceptors (Lipinski definition) is 4. The molecular weight excluding hydrogens is 278 g/mol. The Labute approximate surface area is 131 Å². The number of carbonyl (C=O) groups excluding carboxylic acids is 1. The Bertz CT molecular complexity index is 488. The summed E-state index contributed by atoms with van der Waals surface area (Å²) < 4.78 is 0. The van der Waals surface area contributed by atoms with Crippen molar-refractivity contribution in [2.24, 2.45) is 11.8 Å². The van der Waals surface area contributed by atoms with Gasteiger partial charge in [-0.15, -0.1) is 0 Å². The Morgan fingerprint density at radius 1 is 1.14 bits per heavy atom. The van der Waals surface area contributed by atoms with E-state index in [-0.39, 0.29) is 18.4 Å². The third kappa shape index (κ3) is 3.47. The summed E-state index contributed by atoms with van der Waals surface area (Å²) in [5.41, 5.74) is 0.685. The Balaban J connectivity index is 1.62. The minimum atomic E-state index is 0.0574. The summed E-state index contributed by atoms with van der Waals surface area (Å²) in [4.78, 5) is 20.9. The van der Waals surface area contributed by atoms with Crippen LogP contribution >= 0.6 is 0 Å². The summed E-state index contributed by atoms with van der Waals surface area (Å²) in [6, 6.07) is 3.52. The highest BCUT2D eigenvalue weighted by Crippen LogP contribution is 2.26. The maximum absolute atomic E-state index is 12.5. The van der Waals surface area contributed by atoms with Crippen LogP contribution in [0.15, 0.2) is 24.5 Å². The van der Waals surface area contributed by atoms with Crippen LogP contribution in [0.3, 0.4) is 0 Å². The number of hydrogen-bond donors (Lipinski definition) is 1. The summed E-state index contributed by atoms with van der Waals surface area (Å²) in [5, 5.41) is 9.67. The number of nitrogens with zero attached hydrogens (tertiary/aromatic N) is 3. The molecule has 1 N–H and O–H groups in total. The van der Waals surface area contributed by atoms with Gasteiger partial charge in [-0.3, -0.25) is 9.78 Å². The van der Waals surface area contributed by atoms with Gasteiger partial charge in [0.25, 0.3) is 5.91 Å². The number of piperidine rings is 1. The van der Waals surface area contributed by atoms with Crippen molar-refractivity contribution in [2.45, 2.75) is 19.3 Å². The number of rotatable bonds is 4. The van der Waals surface area contributed by atoms with Crippen LogP contribution in [-0.2, 0) is 0 Å². The molecule has 1 aromatic heterocycles. The van der Waals surface area contributed by atoms with Gasteiger partial charge in [0.15, 0.2) is 0 Å². The number of pyridine rings is 1. The Morgan fingerprint density at radius 3 is 2.50 bits per heavy atom. The molecule has 1 amide bonds. The van der Waals surface area contributed by atoms with E-state index in [9.17, 15) is 9.90 Å². The van der Waals surface area contributed by atoms with Crippen LogP contribution in [0.2, 0.25) is 0 Å². The number of carbonyl (C=O) groups is 1. The van der Waals surface area contributed by atoms with Crippen molar-refractivity contribution in [3.05, 3.63) is 30.1 Å². The van der Waals surface area contributed by atoms with Crippen LogP contribution < -0.4 is 0 Å². The van der Waals surface area contributed by atoms with Crippen LogP contribution in [0.4, 0.5) is 0 Å². The van der Waals surface area contributed by atoms with Crippen molar-refractivity contribution < 1.29 is 9.90 Å². The topological polar surface area (TPSA) is 56.7 Å². The lowest BCUT2D eigenvalue weighted by atomic mass is 9.95. The zero-order valence-corrected chi connectivity index (χ0v) is 13.0. The maximum Gasteiger partial charge on any atom is 0.253 e. The average Bonchev–Trinajstić information content (AvgIpc) is 2.99. The second kappa shape index (κ2) is 7.20. The minimum absolute atomic E-state index is 0.0574. The van der Waals surface area contributed by atoms with Crippen molar-refractivity contribution >= 4 is 5.91 Å². The van der Waals surface area contributed by atoms with Gasteiger partial charge in [-0.1, -0.05) is 6.42 Å². The molecule has 2 aliphatic heterocycles. The highest BCUT2D eigenvalue weighted by Gasteiger charge is 2.36. The van der Waals surface area contributed by atoms with E-state index in [4.69, 9.17) is 0 Å². The first-order chi connectivity index (χ1) is 10.8. The fraction of sp³-hybridized carbons (Fsp3) is 0.647. The van der Waals surface area contributed by atoms with Crippen LogP contribution in [0.5, 0.6) is 0 Å². The number of aliphatic hydroxyl groups is 1. The van der Waals surface area contributed by atoms with Gasteiger partial charge >= 0.3 is 0 Å². The highest BCUT2D eigenvalue weighted by molar-refractivity contribution is 5.94. The first kappa shape index (κ1) is 15.4. The molecule has 3 rings (SSSR count). The first-order valence-electron chi connectivity index (χ1n) is 8.30. The molecule has 5 heteroatoms. The molecule has 2 aliphatic rings. The summed E-state index contributed by atoms with van der Waals surface area (Å²) in [6.45, 7) is 4.91. The summed E-state index contributed by atoms with van der Waals surface area (Å²) >= 11 is 0. The number of aliphatic hydroxyl groups excluding tert-OH is 1. The normalized spacial score (nSPS) is 26.3. The smallest absolute Gasteiger partial charge is 0.253 e. The molecule has 0 saturated carbocycles. The van der Waals surface area contributed by atoms with Crippen LogP contribution in [-0.4, -0.2) is 65.1 Å². The zero-order chi connectivity index (χ0) is 15.4. The van der Waals surface area contributed by atoms with E-state index >= 15 is 0 Å². The molecule has 3 heterocycles. The summed E-state index contributed by atoms with van der Waals surface area (Å²) in [5.74, 6) is 0.642. The van der Waals surface area contributed by atoms with Gasteiger partial charge in [0.1, 0.15) is 0 Å². The molecule has 120 valence electrons. The molecular formula is C17H25N3O2. The number of aromatic nitrogens is 1. The van der Waals surface area contributed by atoms with E-state index in [1.54, 1.807) is 24.5 Å². The molecule has 0 unspecified atom stereocenters. The largest absolute Gasteiger partial charge is 0.396 e. The van der Waals surface area contributed by atoms with Crippen LogP contribution in [0.25, 0.3) is 0 Å². The molecule has 2 saturated heterocycles. The molecule has 0 radical (unpaired) electrons. The standard InChI is InChI=1S/C17H25N3O2/c21-13-16-12-20(17(22)14-4-6-18-7-5-14)11-15(16)10-19-8-2-1-3-9-19/h4-7,15-16,21H,1-3,8-13H2/t15-,16-/m1/s1. The fourth-order valence-corrected chi connectivity index (χ4v) is 3.67. The van der Waals surface area contributed by atoms with Crippen molar-refractivity contribution in [3.63, 3.8) is 0 Å². The number of amides is 1. The summed E-state index contributed by atoms with van der Waals surface area (Å²) in [7, 11) is 0. The first-order valence-corrected chi connectivity index (χ1v) is 8.30. The van der Waals surface area contributed by atoms with E-state index < -0.39 is 0 Å². The molecule has 5 nitrogen and oxygen atoms in total. The Hall–Kier alpha value is -1.46. The van der Waals surface area contributed by atoms with Crippen molar-refractivity contribution in [1.82, 2.24) is 14.8 Å². The SMILES string of the molecule is O=C(c1ccncc1)N1C[C@@H](CN2CCCCC2)[C@@H](CO)C1. The molecule has 0 bridgehead atoms. The summed E-state index contributed by atoms with van der Waals surface area (Å²) in [6.07, 6.45) is 7.18. The van der Waals surface area contributed by atoms with Gasteiger partial charge in [-0.05, 0) is 44.0 Å². The van der Waals surface area contributed by atoms with E-state index in [1.165, 1.54) is 19.3 Å². The van der Waals surface area contributed by atoms with E-state index in [1.807, 2.05) is 4.90 Å². The quantitative estimate of drug-likeness (QED) is 0.909. The van der Waals surface area contributed by atoms with Crippen LogP contribution in [0, 0.1) is 11.8 Å². The van der Waals surface area contributed by atoms with E-state index in [0.29, 0.717) is 18.0 Å². The van der Waals surface area contributed by atoms with Gasteiger partial charge in [0, 0.05) is 50.1 Å². The van der Waals surface area contributed by atoms with E-state index in [2.05, 4.69) is 9.88 Å². The van der Waals surface area contributed by atoms with Crippen LogP contribution in [0.1, 0.15) is 29.6 Å². The predicted octanol–water partition coefficient (Wildman–Crippen LogP) is 1.25. The third-order valence-corrected chi connectivity index (χ3v) is 4.97. The molecule has 0 aromatic carbocycles. The molecule has 2 atom stereocenters. The second-order valence-corrected chi connectivity index (χ2v) is 6.51. The second-order valence-electron chi connectivity index (χ2n) is 6.51. The fourth-order valence-electron chi connectivity index (χ4n) is 3.67. The lowest BCUT2D eigenvalue weighted by molar-refractivity contribution is 0.0778. The maximum atomic E-state index is 12.5. The monoisotopic (exact) mass is 303 g/mol. The molecule has 1 aromatic rings. The zero-order valence-electron chi connectivity index (χ0n) is 13.0. The molecule has 0 spiro atoms. The van der Waals surface area contributed by atoms with Crippen molar-refractivity contribution in [3.8, 4) is 0 Å². The molecule has 0 aliphatic carbocycles. The van der Waals surface area contributed by atoms with Crippen molar-refractivity contribution in [1.29, 1.82) is 0 Å². The van der Waals surface area contributed by atoms with Crippen molar-refractivity contribution in [2.75, 3.05) is 39.3 Å². The minimum Gasteiger partial charge on any atom is -0.396 e. The highest BCUT2D eigenvalue weighted by atomic mass is 16.3. The average molecular weight is 303 g/mol. The third-order valence-electron chi connectivity index (χ3n) is 4.97. The Morgan fingerprint density at radius 2 is 1.82 bits per heavy atom. The molecule has 22 heavy (non-hydrogen) atoms. The van der Waals surface area contributed by atoms with Gasteiger partial charge in [-0.25, -0.2) is 0 Å². The van der Waals surface area contributed by atoms with Gasteiger partial charge in [-0.2, -0.15) is 0 Å². The lowest BCUT2D eigenvalue weighted by Crippen LogP contribution is -2.37. The van der Waals surface area contributed by atoms with Gasteiger partial charge in [0.2, 0.25) is 0 Å². The molecule has 2 fully saturated rings. The Kier molecular flexibility index (Phi) is 5.05. The number of likely N-dealkylation sites (tertiary alicyclic amines) is 2. The van der Waals surface area contributed by atoms with E-state index in [0.717, 1.165) is 26.2 Å². The lowest BCUT2D eigenvalue weighted by Gasteiger charge is -2.30. The predicted molar refractivity (Wildman–Crippen MR) is 84.5 cm³/mol.